The molecule has 1 aliphatic rings. The van der Waals surface area contributed by atoms with E-state index in [-0.39, 0.29) is 5.91 Å². The average Bonchev–Trinajstić information content (AvgIpc) is 2.86. The van der Waals surface area contributed by atoms with Gasteiger partial charge in [0.05, 0.1) is 0 Å². The fourth-order valence-corrected chi connectivity index (χ4v) is 2.73. The quantitative estimate of drug-likeness (QED) is 0.861. The molecule has 94 valence electrons. The summed E-state index contributed by atoms with van der Waals surface area (Å²) in [6, 6.07) is 0. The van der Waals surface area contributed by atoms with Crippen molar-refractivity contribution >= 4 is 22.4 Å². The van der Waals surface area contributed by atoms with Crippen LogP contribution in [0.1, 0.15) is 41.9 Å². The molecule has 2 N–H and O–H groups in total. The van der Waals surface area contributed by atoms with Crippen LogP contribution in [-0.4, -0.2) is 29.7 Å². The van der Waals surface area contributed by atoms with E-state index in [1.54, 1.807) is 7.05 Å². The molecule has 0 aliphatic heterocycles. The normalized spacial score (nSPS) is 16.8. The standard InChI is InChI=1S/C11H18N4OS/c1-12-11-15-14-10(17-11)9(16)13-7-8-5-3-2-4-6-8/h8H,2-7H2,1H3,(H,12,15)(H,13,16). The summed E-state index contributed by atoms with van der Waals surface area (Å²) in [5.74, 6) is 0.541. The van der Waals surface area contributed by atoms with Crippen LogP contribution in [0.3, 0.4) is 0 Å². The van der Waals surface area contributed by atoms with Gasteiger partial charge < -0.3 is 10.6 Å². The van der Waals surface area contributed by atoms with E-state index in [0.29, 0.717) is 16.1 Å². The van der Waals surface area contributed by atoms with E-state index in [9.17, 15) is 4.79 Å². The van der Waals surface area contributed by atoms with Gasteiger partial charge in [-0.3, -0.25) is 4.79 Å². The highest BCUT2D eigenvalue weighted by Gasteiger charge is 2.16. The number of nitrogens with one attached hydrogen (secondary N) is 2. The van der Waals surface area contributed by atoms with Gasteiger partial charge in [-0.2, -0.15) is 0 Å². The largest absolute Gasteiger partial charge is 0.363 e. The van der Waals surface area contributed by atoms with Crippen molar-refractivity contribution in [3.8, 4) is 0 Å². The Morgan fingerprint density at radius 2 is 2.12 bits per heavy atom. The number of carbonyl (C=O) groups excluding carboxylic acids is 1. The molecule has 6 heteroatoms. The highest BCUT2D eigenvalue weighted by molar-refractivity contribution is 7.17. The minimum absolute atomic E-state index is 0.102. The molecule has 1 amide bonds. The molecule has 1 aromatic rings. The molecule has 2 rings (SSSR count). The second kappa shape index (κ2) is 5.95. The van der Waals surface area contributed by atoms with Crippen molar-refractivity contribution < 1.29 is 4.79 Å². The van der Waals surface area contributed by atoms with Crippen molar-refractivity contribution in [1.82, 2.24) is 15.5 Å². The number of rotatable bonds is 4. The molecule has 0 saturated heterocycles. The monoisotopic (exact) mass is 254 g/mol. The summed E-state index contributed by atoms with van der Waals surface area (Å²) < 4.78 is 0. The molecule has 0 aromatic carbocycles. The molecule has 1 fully saturated rings. The van der Waals surface area contributed by atoms with Crippen molar-refractivity contribution in [2.24, 2.45) is 5.92 Å². The van der Waals surface area contributed by atoms with Crippen LogP contribution in [0.5, 0.6) is 0 Å². The number of hydrogen-bond acceptors (Lipinski definition) is 5. The van der Waals surface area contributed by atoms with E-state index < -0.39 is 0 Å². The van der Waals surface area contributed by atoms with Gasteiger partial charge in [0.1, 0.15) is 0 Å². The fourth-order valence-electron chi connectivity index (χ4n) is 2.12. The predicted molar refractivity (Wildman–Crippen MR) is 68.4 cm³/mol. The van der Waals surface area contributed by atoms with Gasteiger partial charge in [0.25, 0.3) is 5.91 Å². The van der Waals surface area contributed by atoms with Crippen molar-refractivity contribution in [2.75, 3.05) is 18.9 Å². The summed E-state index contributed by atoms with van der Waals surface area (Å²) in [7, 11) is 1.77. The van der Waals surface area contributed by atoms with Gasteiger partial charge in [0, 0.05) is 13.6 Å². The number of aromatic nitrogens is 2. The first kappa shape index (κ1) is 12.3. The first-order chi connectivity index (χ1) is 8.29. The van der Waals surface area contributed by atoms with Gasteiger partial charge in [0.15, 0.2) is 0 Å². The first-order valence-electron chi connectivity index (χ1n) is 6.09. The maximum absolute atomic E-state index is 11.8. The second-order valence-electron chi connectivity index (χ2n) is 4.38. The van der Waals surface area contributed by atoms with Crippen molar-refractivity contribution in [3.63, 3.8) is 0 Å². The number of anilines is 1. The van der Waals surface area contributed by atoms with Crippen LogP contribution in [0.2, 0.25) is 0 Å². The number of nitrogens with zero attached hydrogens (tertiary/aromatic N) is 2. The third-order valence-electron chi connectivity index (χ3n) is 3.11. The summed E-state index contributed by atoms with van der Waals surface area (Å²) >= 11 is 1.28. The Morgan fingerprint density at radius 3 is 2.76 bits per heavy atom. The third kappa shape index (κ3) is 3.39. The molecule has 0 radical (unpaired) electrons. The Balaban J connectivity index is 1.80. The molecule has 1 heterocycles. The Hall–Kier alpha value is -1.17. The minimum atomic E-state index is -0.102. The van der Waals surface area contributed by atoms with Crippen molar-refractivity contribution in [1.29, 1.82) is 0 Å². The van der Waals surface area contributed by atoms with Gasteiger partial charge in [-0.25, -0.2) is 0 Å². The lowest BCUT2D eigenvalue weighted by atomic mass is 9.89. The SMILES string of the molecule is CNc1nnc(C(=O)NCC2CCCCC2)s1. The zero-order chi connectivity index (χ0) is 12.1. The summed E-state index contributed by atoms with van der Waals surface area (Å²) in [4.78, 5) is 11.8. The van der Waals surface area contributed by atoms with Gasteiger partial charge in [-0.05, 0) is 18.8 Å². The smallest absolute Gasteiger partial charge is 0.282 e. The van der Waals surface area contributed by atoms with E-state index in [1.807, 2.05) is 0 Å². The van der Waals surface area contributed by atoms with E-state index in [2.05, 4.69) is 20.8 Å². The molecule has 1 aliphatic carbocycles. The lowest BCUT2D eigenvalue weighted by molar-refractivity contribution is 0.0942. The molecular formula is C11H18N4OS. The van der Waals surface area contributed by atoms with Crippen LogP contribution in [0.4, 0.5) is 5.13 Å². The van der Waals surface area contributed by atoms with Crippen LogP contribution in [0, 0.1) is 5.92 Å². The van der Waals surface area contributed by atoms with E-state index >= 15 is 0 Å². The average molecular weight is 254 g/mol. The van der Waals surface area contributed by atoms with Crippen molar-refractivity contribution in [3.05, 3.63) is 5.01 Å². The summed E-state index contributed by atoms with van der Waals surface area (Å²) in [6.07, 6.45) is 6.40. The lowest BCUT2D eigenvalue weighted by Gasteiger charge is -2.21. The number of hydrogen-bond donors (Lipinski definition) is 2. The van der Waals surface area contributed by atoms with Gasteiger partial charge in [-0.1, -0.05) is 30.6 Å². The Labute approximate surface area is 105 Å². The third-order valence-corrected chi connectivity index (χ3v) is 4.05. The topological polar surface area (TPSA) is 66.9 Å². The predicted octanol–water partition coefficient (Wildman–Crippen LogP) is 1.89. The zero-order valence-corrected chi connectivity index (χ0v) is 10.8. The van der Waals surface area contributed by atoms with Crippen LogP contribution in [0.15, 0.2) is 0 Å². The minimum Gasteiger partial charge on any atom is -0.363 e. The van der Waals surface area contributed by atoms with Crippen LogP contribution in [0.25, 0.3) is 0 Å². The molecule has 5 nitrogen and oxygen atoms in total. The molecule has 1 aromatic heterocycles. The number of carbonyl (C=O) groups is 1. The zero-order valence-electron chi connectivity index (χ0n) is 10.0. The molecule has 0 bridgehead atoms. The maximum Gasteiger partial charge on any atom is 0.282 e. The van der Waals surface area contributed by atoms with Gasteiger partial charge in [-0.15, -0.1) is 10.2 Å². The summed E-state index contributed by atoms with van der Waals surface area (Å²) in [5, 5.41) is 14.6. The van der Waals surface area contributed by atoms with Gasteiger partial charge in [0.2, 0.25) is 10.1 Å². The Kier molecular flexibility index (Phi) is 4.30. The first-order valence-corrected chi connectivity index (χ1v) is 6.90. The fraction of sp³-hybridized carbons (Fsp3) is 0.727. The number of amides is 1. The van der Waals surface area contributed by atoms with Crippen LogP contribution >= 0.6 is 11.3 Å². The molecule has 17 heavy (non-hydrogen) atoms. The van der Waals surface area contributed by atoms with Crippen molar-refractivity contribution in [2.45, 2.75) is 32.1 Å². The van der Waals surface area contributed by atoms with E-state index in [4.69, 9.17) is 0 Å². The van der Waals surface area contributed by atoms with E-state index in [0.717, 1.165) is 6.54 Å². The molecule has 0 atom stereocenters. The molecule has 0 unspecified atom stereocenters. The maximum atomic E-state index is 11.8. The van der Waals surface area contributed by atoms with Gasteiger partial charge >= 0.3 is 0 Å². The van der Waals surface area contributed by atoms with E-state index in [1.165, 1.54) is 43.4 Å². The molecular weight excluding hydrogens is 236 g/mol. The van der Waals surface area contributed by atoms with Crippen LogP contribution < -0.4 is 10.6 Å². The summed E-state index contributed by atoms with van der Waals surface area (Å²) in [6.45, 7) is 0.771. The Bertz CT molecular complexity index is 373. The highest BCUT2D eigenvalue weighted by Crippen LogP contribution is 2.23. The highest BCUT2D eigenvalue weighted by atomic mass is 32.1. The second-order valence-corrected chi connectivity index (χ2v) is 5.35. The Morgan fingerprint density at radius 1 is 1.35 bits per heavy atom. The lowest BCUT2D eigenvalue weighted by Crippen LogP contribution is -2.30. The molecule has 1 saturated carbocycles. The van der Waals surface area contributed by atoms with Crippen LogP contribution in [-0.2, 0) is 0 Å². The summed E-state index contributed by atoms with van der Waals surface area (Å²) in [5.41, 5.74) is 0. The molecule has 0 spiro atoms.